The lowest BCUT2D eigenvalue weighted by Crippen LogP contribution is -2.39. The summed E-state index contributed by atoms with van der Waals surface area (Å²) in [5.74, 6) is 0.00405. The molecule has 1 aliphatic rings. The summed E-state index contributed by atoms with van der Waals surface area (Å²) in [7, 11) is 1.60. The van der Waals surface area contributed by atoms with Crippen LogP contribution in [0.1, 0.15) is 17.9 Å². The predicted molar refractivity (Wildman–Crippen MR) is 70.6 cm³/mol. The Morgan fingerprint density at radius 3 is 3.16 bits per heavy atom. The van der Waals surface area contributed by atoms with Crippen LogP contribution in [0, 0.1) is 5.82 Å². The van der Waals surface area contributed by atoms with Crippen molar-refractivity contribution in [1.29, 1.82) is 0 Å². The van der Waals surface area contributed by atoms with E-state index in [1.165, 1.54) is 6.07 Å². The van der Waals surface area contributed by atoms with Crippen LogP contribution < -0.4 is 5.32 Å². The monoisotopic (exact) mass is 266 g/mol. The number of amides is 2. The molecule has 5 heteroatoms. The highest BCUT2D eigenvalue weighted by molar-refractivity contribution is 5.74. The molecule has 1 aromatic carbocycles. The lowest BCUT2D eigenvalue weighted by Gasteiger charge is -2.17. The second kappa shape index (κ2) is 6.52. The SMILES string of the molecule is COCCNC(=O)N1CC[C@H](c2cccc(F)c2)C1. The quantitative estimate of drug-likeness (QED) is 0.847. The second-order valence-electron chi connectivity index (χ2n) is 4.71. The molecule has 1 atom stereocenters. The van der Waals surface area contributed by atoms with Gasteiger partial charge in [-0.25, -0.2) is 9.18 Å². The Labute approximate surface area is 112 Å². The summed E-state index contributed by atoms with van der Waals surface area (Å²) in [6, 6.07) is 6.55. The van der Waals surface area contributed by atoms with Gasteiger partial charge in [-0.15, -0.1) is 0 Å². The number of benzene rings is 1. The van der Waals surface area contributed by atoms with E-state index in [2.05, 4.69) is 5.32 Å². The van der Waals surface area contributed by atoms with Gasteiger partial charge in [0.25, 0.3) is 0 Å². The summed E-state index contributed by atoms with van der Waals surface area (Å²) in [6.45, 7) is 2.37. The number of halogens is 1. The minimum atomic E-state index is -0.222. The first kappa shape index (κ1) is 13.8. The van der Waals surface area contributed by atoms with Gasteiger partial charge in [0, 0.05) is 32.7 Å². The van der Waals surface area contributed by atoms with E-state index in [0.29, 0.717) is 26.2 Å². The summed E-state index contributed by atoms with van der Waals surface area (Å²) < 4.78 is 18.1. The molecule has 0 unspecified atom stereocenters. The van der Waals surface area contributed by atoms with E-state index in [0.717, 1.165) is 12.0 Å². The minimum Gasteiger partial charge on any atom is -0.383 e. The van der Waals surface area contributed by atoms with Crippen LogP contribution in [0.15, 0.2) is 24.3 Å². The van der Waals surface area contributed by atoms with Crippen molar-refractivity contribution in [2.24, 2.45) is 0 Å². The largest absolute Gasteiger partial charge is 0.383 e. The molecule has 0 aromatic heterocycles. The van der Waals surface area contributed by atoms with E-state index in [1.54, 1.807) is 24.1 Å². The molecule has 1 heterocycles. The molecular formula is C14H19FN2O2. The standard InChI is InChI=1S/C14H19FN2O2/c1-19-8-6-16-14(18)17-7-5-12(10-17)11-3-2-4-13(15)9-11/h2-4,9,12H,5-8,10H2,1H3,(H,16,18)/t12-/m0/s1. The molecule has 4 nitrogen and oxygen atoms in total. The maximum absolute atomic E-state index is 13.2. The number of methoxy groups -OCH3 is 1. The highest BCUT2D eigenvalue weighted by atomic mass is 19.1. The minimum absolute atomic E-state index is 0.0732. The first-order valence-corrected chi connectivity index (χ1v) is 6.48. The summed E-state index contributed by atoms with van der Waals surface area (Å²) in [5.41, 5.74) is 0.965. The molecule has 0 spiro atoms. The van der Waals surface area contributed by atoms with Crippen molar-refractivity contribution in [2.75, 3.05) is 33.4 Å². The van der Waals surface area contributed by atoms with Crippen LogP contribution in [-0.4, -0.2) is 44.3 Å². The highest BCUT2D eigenvalue weighted by Gasteiger charge is 2.27. The Bertz CT molecular complexity index is 439. The normalized spacial score (nSPS) is 18.6. The third-order valence-corrected chi connectivity index (χ3v) is 3.38. The van der Waals surface area contributed by atoms with Gasteiger partial charge in [-0.2, -0.15) is 0 Å². The van der Waals surface area contributed by atoms with Crippen LogP contribution in [0.2, 0.25) is 0 Å². The van der Waals surface area contributed by atoms with Gasteiger partial charge in [0.15, 0.2) is 0 Å². The summed E-state index contributed by atoms with van der Waals surface area (Å²) in [4.78, 5) is 13.6. The van der Waals surface area contributed by atoms with E-state index < -0.39 is 0 Å². The smallest absolute Gasteiger partial charge is 0.317 e. The number of ether oxygens (including phenoxy) is 1. The van der Waals surface area contributed by atoms with Crippen molar-refractivity contribution < 1.29 is 13.9 Å². The Balaban J connectivity index is 1.87. The van der Waals surface area contributed by atoms with Crippen molar-refractivity contribution in [3.63, 3.8) is 0 Å². The number of rotatable bonds is 4. The summed E-state index contributed by atoms with van der Waals surface area (Å²) >= 11 is 0. The van der Waals surface area contributed by atoms with Crippen molar-refractivity contribution >= 4 is 6.03 Å². The molecule has 1 saturated heterocycles. The maximum Gasteiger partial charge on any atom is 0.317 e. The molecule has 0 aliphatic carbocycles. The van der Waals surface area contributed by atoms with E-state index in [1.807, 2.05) is 6.07 Å². The zero-order chi connectivity index (χ0) is 13.7. The van der Waals surface area contributed by atoms with Crippen molar-refractivity contribution in [1.82, 2.24) is 10.2 Å². The predicted octanol–water partition coefficient (Wildman–Crippen LogP) is 1.97. The van der Waals surface area contributed by atoms with Gasteiger partial charge < -0.3 is 15.0 Å². The van der Waals surface area contributed by atoms with Gasteiger partial charge in [0.2, 0.25) is 0 Å². The highest BCUT2D eigenvalue weighted by Crippen LogP contribution is 2.27. The van der Waals surface area contributed by atoms with Gasteiger partial charge in [0.05, 0.1) is 6.61 Å². The number of carbonyl (C=O) groups excluding carboxylic acids is 1. The first-order valence-electron chi connectivity index (χ1n) is 6.48. The molecule has 0 radical (unpaired) electrons. The van der Waals surface area contributed by atoms with Crippen molar-refractivity contribution in [3.05, 3.63) is 35.6 Å². The van der Waals surface area contributed by atoms with Gasteiger partial charge in [-0.05, 0) is 24.1 Å². The average Bonchev–Trinajstić information content (AvgIpc) is 2.88. The fourth-order valence-electron chi connectivity index (χ4n) is 2.35. The van der Waals surface area contributed by atoms with Crippen LogP contribution in [0.4, 0.5) is 9.18 Å². The second-order valence-corrected chi connectivity index (χ2v) is 4.71. The maximum atomic E-state index is 13.2. The number of nitrogens with zero attached hydrogens (tertiary/aromatic N) is 1. The number of hydrogen-bond acceptors (Lipinski definition) is 2. The number of urea groups is 1. The van der Waals surface area contributed by atoms with Crippen molar-refractivity contribution in [3.8, 4) is 0 Å². The fraction of sp³-hybridized carbons (Fsp3) is 0.500. The van der Waals surface area contributed by atoms with Gasteiger partial charge in [-0.3, -0.25) is 0 Å². The molecule has 2 amide bonds. The van der Waals surface area contributed by atoms with E-state index in [9.17, 15) is 9.18 Å². The lowest BCUT2D eigenvalue weighted by molar-refractivity contribution is 0.185. The molecule has 2 rings (SSSR count). The van der Waals surface area contributed by atoms with Gasteiger partial charge >= 0.3 is 6.03 Å². The molecule has 1 N–H and O–H groups in total. The molecule has 1 aliphatic heterocycles. The third-order valence-electron chi connectivity index (χ3n) is 3.38. The zero-order valence-electron chi connectivity index (χ0n) is 11.1. The number of likely N-dealkylation sites (tertiary alicyclic amines) is 1. The molecule has 19 heavy (non-hydrogen) atoms. The number of carbonyl (C=O) groups is 1. The Hall–Kier alpha value is -1.62. The molecule has 0 saturated carbocycles. The summed E-state index contributed by atoms with van der Waals surface area (Å²) in [6.07, 6.45) is 0.876. The average molecular weight is 266 g/mol. The van der Waals surface area contributed by atoms with Crippen LogP contribution in [0.25, 0.3) is 0 Å². The van der Waals surface area contributed by atoms with Crippen LogP contribution >= 0.6 is 0 Å². The van der Waals surface area contributed by atoms with E-state index in [-0.39, 0.29) is 17.8 Å². The Morgan fingerprint density at radius 2 is 2.42 bits per heavy atom. The first-order chi connectivity index (χ1) is 9.20. The molecule has 104 valence electrons. The zero-order valence-corrected chi connectivity index (χ0v) is 11.1. The van der Waals surface area contributed by atoms with Gasteiger partial charge in [0.1, 0.15) is 5.82 Å². The van der Waals surface area contributed by atoms with Crippen molar-refractivity contribution in [2.45, 2.75) is 12.3 Å². The molecule has 1 fully saturated rings. The topological polar surface area (TPSA) is 41.6 Å². The third kappa shape index (κ3) is 3.67. The number of nitrogens with one attached hydrogen (secondary N) is 1. The molecular weight excluding hydrogens is 247 g/mol. The number of hydrogen-bond donors (Lipinski definition) is 1. The summed E-state index contributed by atoms with van der Waals surface area (Å²) in [5, 5.41) is 2.80. The van der Waals surface area contributed by atoms with E-state index in [4.69, 9.17) is 4.74 Å². The van der Waals surface area contributed by atoms with Crippen LogP contribution in [0.3, 0.4) is 0 Å². The Morgan fingerprint density at radius 1 is 1.58 bits per heavy atom. The van der Waals surface area contributed by atoms with Crippen LogP contribution in [-0.2, 0) is 4.74 Å². The van der Waals surface area contributed by atoms with E-state index >= 15 is 0 Å². The van der Waals surface area contributed by atoms with Gasteiger partial charge in [-0.1, -0.05) is 12.1 Å². The molecule has 0 bridgehead atoms. The van der Waals surface area contributed by atoms with Crippen LogP contribution in [0.5, 0.6) is 0 Å². The lowest BCUT2D eigenvalue weighted by atomic mass is 9.98. The molecule has 1 aromatic rings. The Kier molecular flexibility index (Phi) is 4.74. The fourth-order valence-corrected chi connectivity index (χ4v) is 2.35.